The fraction of sp³-hybridized carbons (Fsp3) is 0.0625. The van der Waals surface area contributed by atoms with Crippen LogP contribution in [0.25, 0.3) is 10.9 Å². The van der Waals surface area contributed by atoms with E-state index in [0.717, 1.165) is 10.9 Å². The number of aryl methyl sites for hydroxylation is 1. The van der Waals surface area contributed by atoms with E-state index in [1.165, 1.54) is 6.07 Å². The average molecular weight is 280 g/mol. The number of rotatable bonds is 3. The smallest absolute Gasteiger partial charge is 0.341 e. The van der Waals surface area contributed by atoms with Gasteiger partial charge in [-0.1, -0.05) is 6.07 Å². The zero-order valence-electron chi connectivity index (χ0n) is 11.3. The summed E-state index contributed by atoms with van der Waals surface area (Å²) in [5.74, 6) is -0.490. The van der Waals surface area contributed by atoms with E-state index >= 15 is 0 Å². The molecule has 0 spiro atoms. The Hall–Kier alpha value is -2.95. The molecule has 2 heterocycles. The first-order valence-electron chi connectivity index (χ1n) is 6.37. The highest BCUT2D eigenvalue weighted by Crippen LogP contribution is 2.26. The van der Waals surface area contributed by atoms with Crippen LogP contribution in [0.4, 0.5) is 0 Å². The van der Waals surface area contributed by atoms with E-state index in [2.05, 4.69) is 9.97 Å². The summed E-state index contributed by atoms with van der Waals surface area (Å²) >= 11 is 0. The highest BCUT2D eigenvalue weighted by Gasteiger charge is 2.14. The van der Waals surface area contributed by atoms with Gasteiger partial charge in [-0.25, -0.2) is 9.78 Å². The Balaban J connectivity index is 2.02. The molecule has 0 amide bonds. The lowest BCUT2D eigenvalue weighted by molar-refractivity contribution is 0.0693. The van der Waals surface area contributed by atoms with Crippen LogP contribution in [0.1, 0.15) is 16.1 Å². The van der Waals surface area contributed by atoms with Gasteiger partial charge in [0.2, 0.25) is 5.88 Å². The van der Waals surface area contributed by atoms with E-state index in [-0.39, 0.29) is 11.4 Å². The van der Waals surface area contributed by atoms with Gasteiger partial charge >= 0.3 is 5.97 Å². The van der Waals surface area contributed by atoms with Gasteiger partial charge in [-0.15, -0.1) is 0 Å². The largest absolute Gasteiger partial charge is 0.477 e. The maximum atomic E-state index is 11.2. The molecular formula is C16H12N2O3. The lowest BCUT2D eigenvalue weighted by Gasteiger charge is -2.09. The molecule has 3 rings (SSSR count). The van der Waals surface area contributed by atoms with Crippen molar-refractivity contribution in [3.05, 3.63) is 59.9 Å². The fourth-order valence-corrected chi connectivity index (χ4v) is 1.99. The minimum Gasteiger partial charge on any atom is -0.477 e. The molecule has 0 unspecified atom stereocenters. The van der Waals surface area contributed by atoms with Gasteiger partial charge < -0.3 is 9.84 Å². The van der Waals surface area contributed by atoms with Crippen molar-refractivity contribution < 1.29 is 14.6 Å². The van der Waals surface area contributed by atoms with Crippen LogP contribution in [-0.4, -0.2) is 21.0 Å². The van der Waals surface area contributed by atoms with Gasteiger partial charge in [0.1, 0.15) is 11.3 Å². The standard InChI is InChI=1S/C16H12N2O3/c1-10-4-7-13(16(19)20)15(18-10)21-12-6-5-11-3-2-8-17-14(11)9-12/h2-9H,1H3,(H,19,20). The number of aromatic carboxylic acids is 1. The highest BCUT2D eigenvalue weighted by molar-refractivity contribution is 5.90. The van der Waals surface area contributed by atoms with Gasteiger partial charge in [-0.3, -0.25) is 4.98 Å². The molecule has 21 heavy (non-hydrogen) atoms. The zero-order valence-corrected chi connectivity index (χ0v) is 11.3. The van der Waals surface area contributed by atoms with Crippen molar-refractivity contribution in [3.8, 4) is 11.6 Å². The van der Waals surface area contributed by atoms with Gasteiger partial charge in [0.15, 0.2) is 0 Å². The SMILES string of the molecule is Cc1ccc(C(=O)O)c(Oc2ccc3cccnc3c2)n1. The second kappa shape index (κ2) is 5.20. The number of carboxylic acid groups (broad SMARTS) is 1. The summed E-state index contributed by atoms with van der Waals surface area (Å²) in [5, 5.41) is 10.2. The van der Waals surface area contributed by atoms with Gasteiger partial charge in [0, 0.05) is 23.3 Å². The monoisotopic (exact) mass is 280 g/mol. The van der Waals surface area contributed by atoms with Gasteiger partial charge in [-0.2, -0.15) is 0 Å². The predicted octanol–water partition coefficient (Wildman–Crippen LogP) is 3.43. The van der Waals surface area contributed by atoms with E-state index in [9.17, 15) is 9.90 Å². The fourth-order valence-electron chi connectivity index (χ4n) is 1.99. The summed E-state index contributed by atoms with van der Waals surface area (Å²) in [6, 6.07) is 12.3. The van der Waals surface area contributed by atoms with E-state index in [1.54, 1.807) is 31.3 Å². The van der Waals surface area contributed by atoms with Gasteiger partial charge in [0.25, 0.3) is 0 Å². The molecule has 1 aromatic carbocycles. The molecule has 0 saturated carbocycles. The maximum Gasteiger partial charge on any atom is 0.341 e. The summed E-state index contributed by atoms with van der Waals surface area (Å²) in [6.45, 7) is 1.78. The molecule has 2 aromatic heterocycles. The quantitative estimate of drug-likeness (QED) is 0.795. The lowest BCUT2D eigenvalue weighted by atomic mass is 10.2. The number of hydrogen-bond donors (Lipinski definition) is 1. The van der Waals surface area contributed by atoms with Crippen molar-refractivity contribution in [1.82, 2.24) is 9.97 Å². The number of fused-ring (bicyclic) bond motifs is 1. The van der Waals surface area contributed by atoms with Crippen molar-refractivity contribution in [2.75, 3.05) is 0 Å². The molecule has 104 valence electrons. The van der Waals surface area contributed by atoms with Crippen molar-refractivity contribution in [2.45, 2.75) is 6.92 Å². The van der Waals surface area contributed by atoms with Crippen LogP contribution < -0.4 is 4.74 Å². The summed E-state index contributed by atoms with van der Waals surface area (Å²) < 4.78 is 5.63. The summed E-state index contributed by atoms with van der Waals surface area (Å²) in [7, 11) is 0. The average Bonchev–Trinajstić information content (AvgIpc) is 2.47. The van der Waals surface area contributed by atoms with Crippen LogP contribution >= 0.6 is 0 Å². The van der Waals surface area contributed by atoms with Crippen molar-refractivity contribution in [2.24, 2.45) is 0 Å². The Labute approximate surface area is 120 Å². The summed E-state index contributed by atoms with van der Waals surface area (Å²) in [6.07, 6.45) is 1.69. The topological polar surface area (TPSA) is 72.3 Å². The molecule has 3 aromatic rings. The van der Waals surface area contributed by atoms with E-state index in [1.807, 2.05) is 18.2 Å². The number of nitrogens with zero attached hydrogens (tertiary/aromatic N) is 2. The molecule has 0 aliphatic carbocycles. The number of carbonyl (C=O) groups is 1. The van der Waals surface area contributed by atoms with Gasteiger partial charge in [-0.05, 0) is 37.3 Å². The minimum absolute atomic E-state index is 0.0294. The Bertz CT molecular complexity index is 831. The molecule has 0 fully saturated rings. The molecule has 5 nitrogen and oxygen atoms in total. The molecule has 0 aliphatic heterocycles. The maximum absolute atomic E-state index is 11.2. The first-order chi connectivity index (χ1) is 10.1. The normalized spacial score (nSPS) is 10.5. The Kier molecular flexibility index (Phi) is 3.23. The van der Waals surface area contributed by atoms with E-state index < -0.39 is 5.97 Å². The van der Waals surface area contributed by atoms with Crippen LogP contribution in [-0.2, 0) is 0 Å². The lowest BCUT2D eigenvalue weighted by Crippen LogP contribution is -2.02. The zero-order chi connectivity index (χ0) is 14.8. The Morgan fingerprint density at radius 1 is 1.19 bits per heavy atom. The second-order valence-corrected chi connectivity index (χ2v) is 4.57. The molecule has 0 saturated heterocycles. The first-order valence-corrected chi connectivity index (χ1v) is 6.37. The number of hydrogen-bond acceptors (Lipinski definition) is 4. The Morgan fingerprint density at radius 2 is 2.05 bits per heavy atom. The number of benzene rings is 1. The third kappa shape index (κ3) is 2.67. The van der Waals surface area contributed by atoms with Crippen molar-refractivity contribution in [3.63, 3.8) is 0 Å². The first kappa shape index (κ1) is 13.1. The third-order valence-corrected chi connectivity index (χ3v) is 3.02. The van der Waals surface area contributed by atoms with Crippen LogP contribution in [0.5, 0.6) is 11.6 Å². The minimum atomic E-state index is -1.07. The number of carboxylic acids is 1. The van der Waals surface area contributed by atoms with E-state index in [0.29, 0.717) is 11.4 Å². The molecule has 5 heteroatoms. The molecule has 1 N–H and O–H groups in total. The number of pyridine rings is 2. The van der Waals surface area contributed by atoms with Crippen LogP contribution in [0, 0.1) is 6.92 Å². The van der Waals surface area contributed by atoms with Crippen molar-refractivity contribution in [1.29, 1.82) is 0 Å². The molecule has 0 atom stereocenters. The molecule has 0 bridgehead atoms. The van der Waals surface area contributed by atoms with Crippen LogP contribution in [0.15, 0.2) is 48.7 Å². The number of aromatic nitrogens is 2. The van der Waals surface area contributed by atoms with Gasteiger partial charge in [0.05, 0.1) is 5.52 Å². The molecular weight excluding hydrogens is 268 g/mol. The summed E-state index contributed by atoms with van der Waals surface area (Å²) in [4.78, 5) is 19.6. The highest BCUT2D eigenvalue weighted by atomic mass is 16.5. The Morgan fingerprint density at radius 3 is 2.86 bits per heavy atom. The third-order valence-electron chi connectivity index (χ3n) is 3.02. The van der Waals surface area contributed by atoms with Crippen LogP contribution in [0.2, 0.25) is 0 Å². The van der Waals surface area contributed by atoms with Crippen LogP contribution in [0.3, 0.4) is 0 Å². The van der Waals surface area contributed by atoms with Crippen molar-refractivity contribution >= 4 is 16.9 Å². The summed E-state index contributed by atoms with van der Waals surface area (Å²) in [5.41, 5.74) is 1.50. The molecule has 0 aliphatic rings. The number of ether oxygens (including phenoxy) is 1. The second-order valence-electron chi connectivity index (χ2n) is 4.57. The van der Waals surface area contributed by atoms with E-state index in [4.69, 9.17) is 4.74 Å². The molecule has 0 radical (unpaired) electrons. The predicted molar refractivity (Wildman–Crippen MR) is 77.8 cm³/mol.